The molecule has 0 saturated carbocycles. The van der Waals surface area contributed by atoms with Gasteiger partial charge in [-0.3, -0.25) is 0 Å². The van der Waals surface area contributed by atoms with Crippen LogP contribution in [0.3, 0.4) is 0 Å². The molecule has 0 N–H and O–H groups in total. The van der Waals surface area contributed by atoms with E-state index in [1.165, 1.54) is 81.3 Å². The predicted octanol–water partition coefficient (Wildman–Crippen LogP) is 8.44. The molecule has 0 atom stereocenters. The predicted molar refractivity (Wildman–Crippen MR) is 139 cm³/mol. The van der Waals surface area contributed by atoms with Crippen LogP contribution in [0.15, 0.2) is 60.7 Å². The molecule has 162 valence electrons. The van der Waals surface area contributed by atoms with Crippen molar-refractivity contribution < 1.29 is 0 Å². The average Bonchev–Trinajstić information content (AvgIpc) is 3.49. The lowest BCUT2D eigenvalue weighted by atomic mass is 9.96. The fraction of sp³-hybridized carbons (Fsp3) is 0.273. The number of rotatable bonds is 4. The maximum absolute atomic E-state index is 2.50. The number of hydrogen-bond donors (Lipinski definition) is 0. The van der Waals surface area contributed by atoms with Crippen LogP contribution in [-0.2, 0) is 25.7 Å². The van der Waals surface area contributed by atoms with Gasteiger partial charge in [0, 0.05) is 0 Å². The van der Waals surface area contributed by atoms with Crippen LogP contribution >= 0.6 is 0 Å². The minimum Gasteiger partial charge on any atom is -0.0654 e. The lowest BCUT2D eigenvalue weighted by molar-refractivity contribution is 0.717. The molecule has 0 aliphatic heterocycles. The molecule has 3 aliphatic rings. The molecule has 0 nitrogen and oxygen atoms in total. The lowest BCUT2D eigenvalue weighted by Crippen LogP contribution is -1.93. The molecular formula is C33H30. The Hall–Kier alpha value is -3.12. The Kier molecular flexibility index (Phi) is 4.22. The van der Waals surface area contributed by atoms with Gasteiger partial charge in [-0.05, 0) is 111 Å². The number of fused-ring (bicyclic) bond motifs is 11. The van der Waals surface area contributed by atoms with E-state index in [0.717, 1.165) is 19.3 Å². The Labute approximate surface area is 197 Å². The molecule has 0 saturated heterocycles. The Bertz CT molecular complexity index is 1450. The van der Waals surface area contributed by atoms with Crippen molar-refractivity contribution in [1.29, 1.82) is 0 Å². The minimum atomic E-state index is 1.09. The van der Waals surface area contributed by atoms with Gasteiger partial charge in [0.1, 0.15) is 0 Å². The van der Waals surface area contributed by atoms with Gasteiger partial charge in [-0.1, -0.05) is 86.0 Å². The van der Waals surface area contributed by atoms with Crippen LogP contribution < -0.4 is 0 Å². The SMILES string of the molecule is CCCCCc1ccc2c(c1)Cc1c-2ccc2c1Cc1c-2ccc2c1Cc1cc(C)ccc1-2. The van der Waals surface area contributed by atoms with Crippen molar-refractivity contribution in [2.75, 3.05) is 0 Å². The van der Waals surface area contributed by atoms with Crippen molar-refractivity contribution in [3.05, 3.63) is 105 Å². The summed E-state index contributed by atoms with van der Waals surface area (Å²) in [4.78, 5) is 0. The maximum Gasteiger partial charge on any atom is -0.000730 e. The van der Waals surface area contributed by atoms with Crippen LogP contribution in [0.1, 0.15) is 70.7 Å². The van der Waals surface area contributed by atoms with Crippen LogP contribution in [-0.4, -0.2) is 0 Å². The molecule has 3 aliphatic carbocycles. The smallest absolute Gasteiger partial charge is 0.000730 e. The van der Waals surface area contributed by atoms with E-state index < -0.39 is 0 Å². The zero-order chi connectivity index (χ0) is 22.1. The van der Waals surface area contributed by atoms with E-state index in [2.05, 4.69) is 74.5 Å². The quantitative estimate of drug-likeness (QED) is 0.248. The third-order valence-corrected chi connectivity index (χ3v) is 8.32. The van der Waals surface area contributed by atoms with Gasteiger partial charge in [-0.25, -0.2) is 0 Å². The first kappa shape index (κ1) is 19.4. The molecule has 0 heterocycles. The highest BCUT2D eigenvalue weighted by Crippen LogP contribution is 2.50. The van der Waals surface area contributed by atoms with Crippen LogP contribution in [0.4, 0.5) is 0 Å². The van der Waals surface area contributed by atoms with Crippen LogP contribution in [0.2, 0.25) is 0 Å². The summed E-state index contributed by atoms with van der Waals surface area (Å²) in [5.41, 5.74) is 21.1. The third-order valence-electron chi connectivity index (χ3n) is 8.32. The van der Waals surface area contributed by atoms with E-state index in [-0.39, 0.29) is 0 Å². The van der Waals surface area contributed by atoms with Gasteiger partial charge < -0.3 is 0 Å². The molecule has 7 rings (SSSR count). The second-order valence-electron chi connectivity index (χ2n) is 10.4. The standard InChI is InChI=1S/C33H30/c1-3-4-5-6-21-8-10-25-23(16-21)18-31-27(25)12-14-29-28-13-11-26-24-9-7-20(2)15-22(24)17-30(26)32(28)19-33(29)31/h7-16H,3-6,17-19H2,1-2H3. The highest BCUT2D eigenvalue weighted by Gasteiger charge is 2.31. The fourth-order valence-electron chi connectivity index (χ4n) is 6.68. The van der Waals surface area contributed by atoms with Crippen molar-refractivity contribution in [3.8, 4) is 33.4 Å². The molecule has 0 aromatic heterocycles. The third kappa shape index (κ3) is 2.83. The molecule has 0 unspecified atom stereocenters. The molecule has 0 radical (unpaired) electrons. The van der Waals surface area contributed by atoms with Crippen molar-refractivity contribution in [1.82, 2.24) is 0 Å². The van der Waals surface area contributed by atoms with Gasteiger partial charge in [0.05, 0.1) is 0 Å². The van der Waals surface area contributed by atoms with Crippen molar-refractivity contribution >= 4 is 0 Å². The second kappa shape index (κ2) is 7.19. The van der Waals surface area contributed by atoms with E-state index in [9.17, 15) is 0 Å². The molecular weight excluding hydrogens is 396 g/mol. The number of aryl methyl sites for hydroxylation is 2. The molecule has 4 aromatic carbocycles. The normalized spacial score (nSPS) is 13.9. The lowest BCUT2D eigenvalue weighted by Gasteiger charge is -2.08. The summed E-state index contributed by atoms with van der Waals surface area (Å²) in [7, 11) is 0. The monoisotopic (exact) mass is 426 g/mol. The Morgan fingerprint density at radius 2 is 1.06 bits per heavy atom. The molecule has 0 heteroatoms. The van der Waals surface area contributed by atoms with E-state index in [1.807, 2.05) is 0 Å². The van der Waals surface area contributed by atoms with Gasteiger partial charge in [0.25, 0.3) is 0 Å². The van der Waals surface area contributed by atoms with Gasteiger partial charge in [0.2, 0.25) is 0 Å². The van der Waals surface area contributed by atoms with Gasteiger partial charge in [-0.15, -0.1) is 0 Å². The molecule has 0 bridgehead atoms. The van der Waals surface area contributed by atoms with Gasteiger partial charge in [0.15, 0.2) is 0 Å². The fourth-order valence-corrected chi connectivity index (χ4v) is 6.68. The van der Waals surface area contributed by atoms with Crippen molar-refractivity contribution in [2.45, 2.75) is 58.8 Å². The summed E-state index contributed by atoms with van der Waals surface area (Å²) >= 11 is 0. The van der Waals surface area contributed by atoms with E-state index in [4.69, 9.17) is 0 Å². The average molecular weight is 427 g/mol. The van der Waals surface area contributed by atoms with Crippen molar-refractivity contribution in [3.63, 3.8) is 0 Å². The first-order chi connectivity index (χ1) is 16.2. The highest BCUT2D eigenvalue weighted by atomic mass is 14.4. The number of hydrogen-bond acceptors (Lipinski definition) is 0. The molecule has 0 fully saturated rings. The first-order valence-corrected chi connectivity index (χ1v) is 12.7. The summed E-state index contributed by atoms with van der Waals surface area (Å²) in [6.07, 6.45) is 8.43. The molecule has 33 heavy (non-hydrogen) atoms. The molecule has 0 spiro atoms. The second-order valence-corrected chi connectivity index (χ2v) is 10.4. The van der Waals surface area contributed by atoms with E-state index in [0.29, 0.717) is 0 Å². The molecule has 4 aromatic rings. The Morgan fingerprint density at radius 1 is 0.545 bits per heavy atom. The maximum atomic E-state index is 2.50. The van der Waals surface area contributed by atoms with Gasteiger partial charge >= 0.3 is 0 Å². The minimum absolute atomic E-state index is 1.09. The summed E-state index contributed by atoms with van der Waals surface area (Å²) in [5.74, 6) is 0. The van der Waals surface area contributed by atoms with E-state index in [1.54, 1.807) is 22.3 Å². The summed E-state index contributed by atoms with van der Waals surface area (Å²) < 4.78 is 0. The Morgan fingerprint density at radius 3 is 1.70 bits per heavy atom. The largest absolute Gasteiger partial charge is 0.0654 e. The zero-order valence-electron chi connectivity index (χ0n) is 19.7. The highest BCUT2D eigenvalue weighted by molar-refractivity contribution is 5.90. The summed E-state index contributed by atoms with van der Waals surface area (Å²) in [5, 5.41) is 0. The number of benzene rings is 4. The van der Waals surface area contributed by atoms with E-state index >= 15 is 0 Å². The molecule has 0 amide bonds. The van der Waals surface area contributed by atoms with Crippen LogP contribution in [0.5, 0.6) is 0 Å². The van der Waals surface area contributed by atoms with Crippen molar-refractivity contribution in [2.24, 2.45) is 0 Å². The summed E-state index contributed by atoms with van der Waals surface area (Å²) in [6.45, 7) is 4.49. The first-order valence-electron chi connectivity index (χ1n) is 12.7. The summed E-state index contributed by atoms with van der Waals surface area (Å²) in [6, 6.07) is 23.8. The Balaban J connectivity index is 1.26. The van der Waals surface area contributed by atoms with Gasteiger partial charge in [-0.2, -0.15) is 0 Å². The van der Waals surface area contributed by atoms with Crippen LogP contribution in [0, 0.1) is 6.92 Å². The van der Waals surface area contributed by atoms with Crippen LogP contribution in [0.25, 0.3) is 33.4 Å². The topological polar surface area (TPSA) is 0 Å². The zero-order valence-corrected chi connectivity index (χ0v) is 19.7. The number of unbranched alkanes of at least 4 members (excludes halogenated alkanes) is 2.